The smallest absolute Gasteiger partial charge is 0.256 e. The van der Waals surface area contributed by atoms with Gasteiger partial charge >= 0.3 is 0 Å². The molecule has 0 aromatic heterocycles. The average molecular weight is 737 g/mol. The Balaban J connectivity index is 1.17. The molecule has 4 heterocycles. The van der Waals surface area contributed by atoms with Crippen molar-refractivity contribution in [1.82, 2.24) is 0 Å². The number of rotatable bonds is 3. The zero-order valence-corrected chi connectivity index (χ0v) is 31.0. The fourth-order valence-corrected chi connectivity index (χ4v) is 9.90. The van der Waals surface area contributed by atoms with E-state index in [1.807, 2.05) is 60.7 Å². The third kappa shape index (κ3) is 4.37. The van der Waals surface area contributed by atoms with E-state index in [-0.39, 0.29) is 13.4 Å². The second kappa shape index (κ2) is 12.3. The number of ether oxygens (including phenoxy) is 1. The maximum atomic E-state index is 10.8. The summed E-state index contributed by atoms with van der Waals surface area (Å²) in [5, 5.41) is 21.5. The highest BCUT2D eigenvalue weighted by molar-refractivity contribution is 7.02. The summed E-state index contributed by atoms with van der Waals surface area (Å²) in [5.74, 6) is 1.52. The Morgan fingerprint density at radius 1 is 0.379 bits per heavy atom. The van der Waals surface area contributed by atoms with Crippen molar-refractivity contribution >= 4 is 97.4 Å². The van der Waals surface area contributed by atoms with E-state index in [1.165, 1.54) is 0 Å². The summed E-state index contributed by atoms with van der Waals surface area (Å²) < 4.78 is 7.03. The van der Waals surface area contributed by atoms with Crippen LogP contribution < -0.4 is 52.2 Å². The highest BCUT2D eigenvalue weighted by Gasteiger charge is 2.48. The van der Waals surface area contributed by atoms with E-state index >= 15 is 0 Å². The first kappa shape index (κ1) is 32.3. The van der Waals surface area contributed by atoms with Crippen LogP contribution in [0.1, 0.15) is 11.1 Å². The van der Waals surface area contributed by atoms with Crippen LogP contribution >= 0.6 is 0 Å². The van der Waals surface area contributed by atoms with Crippen LogP contribution in [0.25, 0.3) is 0 Å². The summed E-state index contributed by atoms with van der Waals surface area (Å²) in [6.07, 6.45) is 0. The Hall–Kier alpha value is -7.93. The molecular formula is C50H29B2N5O. The van der Waals surface area contributed by atoms with E-state index in [2.05, 4.69) is 142 Å². The molecule has 0 aliphatic carbocycles. The van der Waals surface area contributed by atoms with Crippen LogP contribution in [0, 0.1) is 22.7 Å². The molecule has 0 N–H and O–H groups in total. The molecule has 4 aliphatic heterocycles. The van der Waals surface area contributed by atoms with E-state index in [0.717, 1.165) is 95.5 Å². The highest BCUT2D eigenvalue weighted by atomic mass is 16.5. The normalized spacial score (nSPS) is 13.4. The summed E-state index contributed by atoms with van der Waals surface area (Å²) in [6.45, 7) is -0.402. The monoisotopic (exact) mass is 737 g/mol. The average Bonchev–Trinajstić information content (AvgIpc) is 3.29. The lowest BCUT2D eigenvalue weighted by Crippen LogP contribution is -2.64. The summed E-state index contributed by atoms with van der Waals surface area (Å²) in [7, 11) is 0. The molecule has 0 saturated carbocycles. The SMILES string of the molecule is N#Cc1ccc2c3c1N(c1ccccc1)c1ccccc1B3c1cc3c(cc1O2)N(c1ccccc1)c1ccc(C#N)c2c1B3c1ccccc1N2c1ccccc1. The maximum absolute atomic E-state index is 10.8. The molecule has 4 aliphatic rings. The molecule has 0 unspecified atom stereocenters. The van der Waals surface area contributed by atoms with Crippen molar-refractivity contribution < 1.29 is 4.74 Å². The molecule has 266 valence electrons. The topological polar surface area (TPSA) is 66.5 Å². The number of para-hydroxylation sites is 5. The zero-order chi connectivity index (χ0) is 38.5. The second-order valence-electron chi connectivity index (χ2n) is 15.0. The van der Waals surface area contributed by atoms with Crippen LogP contribution in [0.5, 0.6) is 11.5 Å². The minimum atomic E-state index is -0.209. The quantitative estimate of drug-likeness (QED) is 0.172. The number of nitriles is 2. The van der Waals surface area contributed by atoms with Gasteiger partial charge in [-0.1, -0.05) is 97.1 Å². The van der Waals surface area contributed by atoms with Gasteiger partial charge in [-0.2, -0.15) is 10.5 Å². The molecule has 0 amide bonds. The van der Waals surface area contributed by atoms with E-state index in [9.17, 15) is 10.5 Å². The van der Waals surface area contributed by atoms with Crippen molar-refractivity contribution in [2.24, 2.45) is 0 Å². The Morgan fingerprint density at radius 2 is 0.862 bits per heavy atom. The predicted molar refractivity (Wildman–Crippen MR) is 236 cm³/mol. The van der Waals surface area contributed by atoms with Gasteiger partial charge in [0.1, 0.15) is 23.6 Å². The molecule has 0 fully saturated rings. The molecule has 0 spiro atoms. The standard InChI is InChI=1S/C50H29B2N5O/c53-30-32-24-26-43-47-49(32)56(35-16-6-2-7-17-35)41-22-12-10-20-37(41)51(47)39-28-40-46(29-44(39)55(43)34-14-4-1-5-15-34)58-45-27-25-33(31-54)50-48(45)52(40)38-21-11-13-23-42(38)57(50)36-18-8-3-9-19-36/h1-29H. The lowest BCUT2D eigenvalue weighted by atomic mass is 9.30. The predicted octanol–water partition coefficient (Wildman–Crippen LogP) is 7.92. The Bertz CT molecular complexity index is 3110. The van der Waals surface area contributed by atoms with E-state index in [1.54, 1.807) is 0 Å². The van der Waals surface area contributed by atoms with Gasteiger partial charge in [-0.05, 0) is 106 Å². The van der Waals surface area contributed by atoms with Crippen molar-refractivity contribution in [3.05, 3.63) is 187 Å². The number of fused-ring (bicyclic) bond motifs is 8. The first-order valence-electron chi connectivity index (χ1n) is 19.5. The first-order chi connectivity index (χ1) is 28.7. The lowest BCUT2D eigenvalue weighted by molar-refractivity contribution is 0.487. The van der Waals surface area contributed by atoms with Gasteiger partial charge in [-0.25, -0.2) is 0 Å². The van der Waals surface area contributed by atoms with Gasteiger partial charge < -0.3 is 19.4 Å². The molecule has 0 atom stereocenters. The minimum Gasteiger partial charge on any atom is -0.458 e. The number of nitrogens with zero attached hydrogens (tertiary/aromatic N) is 5. The van der Waals surface area contributed by atoms with Crippen molar-refractivity contribution in [3.8, 4) is 23.6 Å². The molecule has 8 heteroatoms. The van der Waals surface area contributed by atoms with Gasteiger partial charge in [0.05, 0.1) is 22.5 Å². The molecular weight excluding hydrogens is 708 g/mol. The summed E-state index contributed by atoms with van der Waals surface area (Å²) in [4.78, 5) is 6.81. The molecule has 8 aromatic carbocycles. The maximum Gasteiger partial charge on any atom is 0.256 e. The Labute approximate surface area is 336 Å². The van der Waals surface area contributed by atoms with Crippen molar-refractivity contribution in [1.29, 1.82) is 10.5 Å². The van der Waals surface area contributed by atoms with Gasteiger partial charge in [0, 0.05) is 45.9 Å². The van der Waals surface area contributed by atoms with E-state index < -0.39 is 0 Å². The van der Waals surface area contributed by atoms with Crippen molar-refractivity contribution in [2.45, 2.75) is 0 Å². The van der Waals surface area contributed by atoms with Gasteiger partial charge in [-0.3, -0.25) is 0 Å². The van der Waals surface area contributed by atoms with Crippen LogP contribution in [0.15, 0.2) is 176 Å². The first-order valence-corrected chi connectivity index (χ1v) is 19.5. The van der Waals surface area contributed by atoms with Crippen LogP contribution in [0.4, 0.5) is 51.2 Å². The minimum absolute atomic E-state index is 0.194. The van der Waals surface area contributed by atoms with Gasteiger partial charge in [0.15, 0.2) is 0 Å². The van der Waals surface area contributed by atoms with Gasteiger partial charge in [0.2, 0.25) is 0 Å². The Morgan fingerprint density at radius 3 is 1.43 bits per heavy atom. The van der Waals surface area contributed by atoms with Gasteiger partial charge in [0.25, 0.3) is 13.4 Å². The van der Waals surface area contributed by atoms with Crippen molar-refractivity contribution in [2.75, 3.05) is 14.7 Å². The molecule has 12 rings (SSSR count). The second-order valence-corrected chi connectivity index (χ2v) is 15.0. The van der Waals surface area contributed by atoms with Crippen LogP contribution in [-0.2, 0) is 0 Å². The third-order valence-corrected chi connectivity index (χ3v) is 12.1. The number of hydrogen-bond acceptors (Lipinski definition) is 6. The van der Waals surface area contributed by atoms with Gasteiger partial charge in [-0.15, -0.1) is 0 Å². The van der Waals surface area contributed by atoms with Crippen molar-refractivity contribution in [3.63, 3.8) is 0 Å². The number of anilines is 9. The summed E-state index contributed by atoms with van der Waals surface area (Å²) >= 11 is 0. The molecule has 58 heavy (non-hydrogen) atoms. The highest BCUT2D eigenvalue weighted by Crippen LogP contribution is 2.47. The fourth-order valence-electron chi connectivity index (χ4n) is 9.90. The molecule has 0 radical (unpaired) electrons. The van der Waals surface area contributed by atoms with Crippen LogP contribution in [0.3, 0.4) is 0 Å². The lowest BCUT2D eigenvalue weighted by Gasteiger charge is -2.45. The van der Waals surface area contributed by atoms with E-state index in [0.29, 0.717) is 11.1 Å². The molecule has 0 saturated heterocycles. The fraction of sp³-hybridized carbons (Fsp3) is 0. The number of hydrogen-bond donors (Lipinski definition) is 0. The zero-order valence-electron chi connectivity index (χ0n) is 31.0. The van der Waals surface area contributed by atoms with Crippen LogP contribution in [0.2, 0.25) is 0 Å². The molecule has 6 nitrogen and oxygen atoms in total. The Kier molecular flexibility index (Phi) is 6.85. The number of benzene rings is 8. The van der Waals surface area contributed by atoms with Crippen LogP contribution in [-0.4, -0.2) is 13.4 Å². The largest absolute Gasteiger partial charge is 0.458 e. The third-order valence-electron chi connectivity index (χ3n) is 12.1. The summed E-state index contributed by atoms with van der Waals surface area (Å²) in [5.41, 5.74) is 16.6. The molecule has 8 aromatic rings. The summed E-state index contributed by atoms with van der Waals surface area (Å²) in [6, 6.07) is 65.8. The molecule has 0 bridgehead atoms. The van der Waals surface area contributed by atoms with E-state index in [4.69, 9.17) is 4.74 Å².